The first-order valence-corrected chi connectivity index (χ1v) is 16.3. The van der Waals surface area contributed by atoms with E-state index >= 15 is 0 Å². The lowest BCUT2D eigenvalue weighted by atomic mass is 10.0. The highest BCUT2D eigenvalue weighted by molar-refractivity contribution is 5.91. The Balaban J connectivity index is 1.50. The molecule has 0 heterocycles. The number of carbonyl (C=O) groups excluding carboxylic acids is 1. The molecule has 1 unspecified atom stereocenters. The molecule has 0 radical (unpaired) electrons. The van der Waals surface area contributed by atoms with Crippen LogP contribution in [0.3, 0.4) is 0 Å². The normalized spacial score (nSPS) is 11.9. The van der Waals surface area contributed by atoms with E-state index in [0.29, 0.717) is 23.7 Å². The van der Waals surface area contributed by atoms with Crippen LogP contribution >= 0.6 is 0 Å². The van der Waals surface area contributed by atoms with E-state index < -0.39 is 0 Å². The number of rotatable bonds is 24. The van der Waals surface area contributed by atoms with Crippen LogP contribution in [0.15, 0.2) is 48.5 Å². The average Bonchev–Trinajstić information content (AvgIpc) is 2.98. The number of hydrogen-bond donors (Lipinski definition) is 0. The second-order valence-electron chi connectivity index (χ2n) is 11.1. The monoisotopic (exact) mass is 552 g/mol. The summed E-state index contributed by atoms with van der Waals surface area (Å²) in [6.07, 6.45) is 22.9. The van der Waals surface area contributed by atoms with Gasteiger partial charge in [-0.05, 0) is 49.6 Å². The minimum atomic E-state index is -0.388. The Morgan fingerprint density at radius 2 is 1.10 bits per heavy atom. The third-order valence-corrected chi connectivity index (χ3v) is 7.50. The van der Waals surface area contributed by atoms with Crippen molar-refractivity contribution in [2.45, 2.75) is 136 Å². The zero-order valence-corrected chi connectivity index (χ0v) is 25.8. The minimum Gasteiger partial charge on any atom is -0.490 e. The quantitative estimate of drug-likeness (QED) is 0.0738. The van der Waals surface area contributed by atoms with Crippen molar-refractivity contribution in [3.05, 3.63) is 59.7 Å². The summed E-state index contributed by atoms with van der Waals surface area (Å²) in [5.74, 6) is 0.645. The van der Waals surface area contributed by atoms with Crippen molar-refractivity contribution >= 4 is 5.97 Å². The van der Waals surface area contributed by atoms with E-state index in [4.69, 9.17) is 14.2 Å². The fourth-order valence-electron chi connectivity index (χ4n) is 4.92. The molecule has 0 bridgehead atoms. The number of carbonyl (C=O) groups is 1. The number of unbranched alkanes of at least 4 members (excludes halogenated alkanes) is 15. The van der Waals surface area contributed by atoms with Crippen molar-refractivity contribution in [3.8, 4) is 11.5 Å². The lowest BCUT2D eigenvalue weighted by molar-refractivity contribution is 0.0625. The van der Waals surface area contributed by atoms with E-state index in [1.807, 2.05) is 49.4 Å². The van der Waals surface area contributed by atoms with Gasteiger partial charge in [0.25, 0.3) is 0 Å². The Bertz CT molecular complexity index is 892. The van der Waals surface area contributed by atoms with Gasteiger partial charge in [0, 0.05) is 6.61 Å². The van der Waals surface area contributed by atoms with Gasteiger partial charge in [-0.1, -0.05) is 134 Å². The van der Waals surface area contributed by atoms with Gasteiger partial charge >= 0.3 is 5.97 Å². The topological polar surface area (TPSA) is 44.8 Å². The van der Waals surface area contributed by atoms with Crippen LogP contribution in [-0.2, 0) is 4.74 Å². The van der Waals surface area contributed by atoms with Gasteiger partial charge in [-0.25, -0.2) is 4.79 Å². The standard InChI is InChI=1S/C36H56O4/c1-4-6-7-8-9-10-11-12-13-14-15-16-17-18-19-22-30-38-31(3)32-25-27-33(28-26-32)36(37)40-35-24-21-20-23-34(35)39-29-5-2/h20-21,23-28,31H,4-19,22,29-30H2,1-3H3. The van der Waals surface area contributed by atoms with Crippen molar-refractivity contribution in [1.82, 2.24) is 0 Å². The van der Waals surface area contributed by atoms with Gasteiger partial charge < -0.3 is 14.2 Å². The molecule has 0 spiro atoms. The van der Waals surface area contributed by atoms with Gasteiger partial charge in [0.15, 0.2) is 11.5 Å². The highest BCUT2D eigenvalue weighted by Crippen LogP contribution is 2.28. The number of ether oxygens (including phenoxy) is 3. The van der Waals surface area contributed by atoms with Crippen LogP contribution in [-0.4, -0.2) is 19.2 Å². The number of benzene rings is 2. The van der Waals surface area contributed by atoms with Crippen LogP contribution in [0.1, 0.15) is 152 Å². The summed E-state index contributed by atoms with van der Waals surface area (Å²) in [7, 11) is 0. The summed E-state index contributed by atoms with van der Waals surface area (Å²) < 4.78 is 17.4. The molecule has 0 saturated heterocycles. The van der Waals surface area contributed by atoms with Crippen molar-refractivity contribution in [2.75, 3.05) is 13.2 Å². The SMILES string of the molecule is CCCCCCCCCCCCCCCCCCOC(C)c1ccc(C(=O)Oc2ccccc2OCCC)cc1. The van der Waals surface area contributed by atoms with Gasteiger partial charge in [0.2, 0.25) is 0 Å². The first kappa shape index (κ1) is 33.9. The van der Waals surface area contributed by atoms with Crippen molar-refractivity contribution in [2.24, 2.45) is 0 Å². The molecule has 224 valence electrons. The van der Waals surface area contributed by atoms with E-state index in [0.717, 1.165) is 25.0 Å². The molecule has 0 N–H and O–H groups in total. The summed E-state index contributed by atoms with van der Waals surface area (Å²) in [4.78, 5) is 12.7. The molecule has 2 aromatic rings. The molecule has 0 aliphatic carbocycles. The summed E-state index contributed by atoms with van der Waals surface area (Å²) in [5.41, 5.74) is 1.58. The molecular formula is C36H56O4. The Labute approximate surface area is 245 Å². The van der Waals surface area contributed by atoms with Crippen LogP contribution < -0.4 is 9.47 Å². The van der Waals surface area contributed by atoms with Crippen molar-refractivity contribution in [3.63, 3.8) is 0 Å². The predicted octanol–water partition coefficient (Wildman–Crippen LogP) is 11.0. The number of esters is 1. The summed E-state index contributed by atoms with van der Waals surface area (Å²) >= 11 is 0. The molecule has 0 aliphatic heterocycles. The van der Waals surface area contributed by atoms with E-state index in [2.05, 4.69) is 13.8 Å². The van der Waals surface area contributed by atoms with E-state index in [1.54, 1.807) is 6.07 Å². The van der Waals surface area contributed by atoms with Gasteiger partial charge in [0.05, 0.1) is 18.3 Å². The zero-order valence-electron chi connectivity index (χ0n) is 25.8. The maximum absolute atomic E-state index is 12.7. The first-order chi connectivity index (χ1) is 19.7. The minimum absolute atomic E-state index is 0.00424. The lowest BCUT2D eigenvalue weighted by Gasteiger charge is -2.14. The molecule has 0 aromatic heterocycles. The zero-order chi connectivity index (χ0) is 28.7. The van der Waals surface area contributed by atoms with Crippen LogP contribution in [0.4, 0.5) is 0 Å². The fraction of sp³-hybridized carbons (Fsp3) is 0.639. The van der Waals surface area contributed by atoms with E-state index in [9.17, 15) is 4.79 Å². The highest BCUT2D eigenvalue weighted by atomic mass is 16.6. The molecule has 0 amide bonds. The highest BCUT2D eigenvalue weighted by Gasteiger charge is 2.13. The summed E-state index contributed by atoms with van der Waals surface area (Å²) in [6, 6.07) is 14.8. The molecule has 1 atom stereocenters. The molecule has 4 nitrogen and oxygen atoms in total. The van der Waals surface area contributed by atoms with Gasteiger partial charge in [-0.15, -0.1) is 0 Å². The van der Waals surface area contributed by atoms with E-state index in [-0.39, 0.29) is 12.1 Å². The Morgan fingerprint density at radius 1 is 0.600 bits per heavy atom. The Morgan fingerprint density at radius 3 is 1.62 bits per heavy atom. The van der Waals surface area contributed by atoms with Gasteiger partial charge in [-0.2, -0.15) is 0 Å². The van der Waals surface area contributed by atoms with Crippen LogP contribution in [0.2, 0.25) is 0 Å². The maximum atomic E-state index is 12.7. The van der Waals surface area contributed by atoms with Gasteiger partial charge in [0.1, 0.15) is 0 Å². The third-order valence-electron chi connectivity index (χ3n) is 7.50. The molecule has 0 fully saturated rings. The Hall–Kier alpha value is -2.33. The molecule has 40 heavy (non-hydrogen) atoms. The predicted molar refractivity (Wildman–Crippen MR) is 168 cm³/mol. The molecule has 4 heteroatoms. The number of hydrogen-bond acceptors (Lipinski definition) is 4. The summed E-state index contributed by atoms with van der Waals surface area (Å²) in [5, 5.41) is 0. The lowest BCUT2D eigenvalue weighted by Crippen LogP contribution is -2.10. The average molecular weight is 553 g/mol. The maximum Gasteiger partial charge on any atom is 0.343 e. The van der Waals surface area contributed by atoms with Crippen molar-refractivity contribution < 1.29 is 19.0 Å². The van der Waals surface area contributed by atoms with Crippen molar-refractivity contribution in [1.29, 1.82) is 0 Å². The molecule has 2 rings (SSSR count). The molecule has 2 aromatic carbocycles. The second-order valence-corrected chi connectivity index (χ2v) is 11.1. The van der Waals surface area contributed by atoms with Crippen LogP contribution in [0.25, 0.3) is 0 Å². The summed E-state index contributed by atoms with van der Waals surface area (Å²) in [6.45, 7) is 7.76. The van der Waals surface area contributed by atoms with E-state index in [1.165, 1.54) is 96.3 Å². The first-order valence-electron chi connectivity index (χ1n) is 16.3. The van der Waals surface area contributed by atoms with Crippen LogP contribution in [0, 0.1) is 0 Å². The fourth-order valence-corrected chi connectivity index (χ4v) is 4.92. The second kappa shape index (κ2) is 22.4. The smallest absolute Gasteiger partial charge is 0.343 e. The molecular weight excluding hydrogens is 496 g/mol. The number of para-hydroxylation sites is 2. The third kappa shape index (κ3) is 14.9. The van der Waals surface area contributed by atoms with Gasteiger partial charge in [-0.3, -0.25) is 0 Å². The molecule has 0 saturated carbocycles. The Kier molecular flexibility index (Phi) is 18.9. The van der Waals surface area contributed by atoms with Crippen LogP contribution in [0.5, 0.6) is 11.5 Å². The molecule has 0 aliphatic rings. The largest absolute Gasteiger partial charge is 0.490 e.